The fourth-order valence-electron chi connectivity index (χ4n) is 1.98. The number of carbonyl (C=O) groups excluding carboxylic acids is 2. The second kappa shape index (κ2) is 8.81. The molecule has 0 unspecified atom stereocenters. The molecule has 0 radical (unpaired) electrons. The van der Waals surface area contributed by atoms with Crippen LogP contribution in [-0.4, -0.2) is 35.1 Å². The number of nitrogens with zero attached hydrogens (tertiary/aromatic N) is 1. The Labute approximate surface area is 164 Å². The number of hydroxylamine groups is 2. The van der Waals surface area contributed by atoms with Crippen LogP contribution in [0.4, 0.5) is 18.0 Å². The Morgan fingerprint density at radius 2 is 1.81 bits per heavy atom. The van der Waals surface area contributed by atoms with Gasteiger partial charge in [-0.2, -0.15) is 18.2 Å². The maximum Gasteiger partial charge on any atom is 0.416 e. The Balaban J connectivity index is 2.94. The van der Waals surface area contributed by atoms with E-state index < -0.39 is 29.2 Å². The normalized spacial score (nSPS) is 11.9. The summed E-state index contributed by atoms with van der Waals surface area (Å²) in [7, 11) is 0. The zero-order chi connectivity index (χ0) is 21.0. The third-order valence-electron chi connectivity index (χ3n) is 3.33. The van der Waals surface area contributed by atoms with Gasteiger partial charge in [-0.1, -0.05) is 15.9 Å². The lowest BCUT2D eigenvalue weighted by Gasteiger charge is -2.29. The molecule has 0 heterocycles. The average molecular weight is 454 g/mol. The molecule has 6 nitrogen and oxygen atoms in total. The minimum absolute atomic E-state index is 0.0432. The lowest BCUT2D eigenvalue weighted by atomic mass is 10.0. The third kappa shape index (κ3) is 6.93. The number of carbonyl (C=O) groups is 2. The third-order valence-corrected chi connectivity index (χ3v) is 3.79. The molecule has 1 rings (SSSR count). The summed E-state index contributed by atoms with van der Waals surface area (Å²) in [4.78, 5) is 29.9. The zero-order valence-electron chi connectivity index (χ0n) is 15.7. The summed E-state index contributed by atoms with van der Waals surface area (Å²) in [6.07, 6.45) is -4.56. The molecule has 3 amide bonds. The van der Waals surface area contributed by atoms with E-state index in [1.54, 1.807) is 20.8 Å². The number of rotatable bonds is 6. The fourth-order valence-corrected chi connectivity index (χ4v) is 2.46. The van der Waals surface area contributed by atoms with Crippen molar-refractivity contribution in [2.75, 3.05) is 6.54 Å². The molecule has 152 valence electrons. The van der Waals surface area contributed by atoms with Gasteiger partial charge >= 0.3 is 12.2 Å². The monoisotopic (exact) mass is 453 g/mol. The summed E-state index contributed by atoms with van der Waals surface area (Å²) in [5.74, 6) is -0.568. The van der Waals surface area contributed by atoms with Crippen LogP contribution in [0.2, 0.25) is 0 Å². The molecule has 0 atom stereocenters. The van der Waals surface area contributed by atoms with E-state index in [0.717, 1.165) is 17.2 Å². The Hall–Kier alpha value is -1.97. The quantitative estimate of drug-likeness (QED) is 0.637. The predicted molar refractivity (Wildman–Crippen MR) is 98.0 cm³/mol. The van der Waals surface area contributed by atoms with Crippen molar-refractivity contribution in [2.45, 2.75) is 52.4 Å². The molecule has 0 aliphatic carbocycles. The molecule has 1 aromatic carbocycles. The van der Waals surface area contributed by atoms with Crippen LogP contribution >= 0.6 is 15.9 Å². The van der Waals surface area contributed by atoms with Crippen molar-refractivity contribution in [1.29, 1.82) is 0 Å². The molecule has 27 heavy (non-hydrogen) atoms. The molecule has 0 saturated carbocycles. The van der Waals surface area contributed by atoms with Crippen molar-refractivity contribution in [3.63, 3.8) is 0 Å². The van der Waals surface area contributed by atoms with Gasteiger partial charge in [-0.3, -0.25) is 4.79 Å². The molecular formula is C17H23BrF3N3O3. The second-order valence-electron chi connectivity index (χ2n) is 6.64. The Bertz CT molecular complexity index is 694. The molecule has 0 aromatic heterocycles. The number of hydrogen-bond donors (Lipinski definition) is 2. The van der Waals surface area contributed by atoms with Gasteiger partial charge in [0.15, 0.2) is 5.75 Å². The van der Waals surface area contributed by atoms with Crippen molar-refractivity contribution in [3.8, 4) is 5.75 Å². The summed E-state index contributed by atoms with van der Waals surface area (Å²) in [6.45, 7) is 8.21. The van der Waals surface area contributed by atoms with E-state index in [-0.39, 0.29) is 22.8 Å². The minimum Gasteiger partial charge on any atom is -0.375 e. The summed E-state index contributed by atoms with van der Waals surface area (Å²) in [5.41, 5.74) is -2.16. The first-order chi connectivity index (χ1) is 12.3. The highest BCUT2D eigenvalue weighted by Gasteiger charge is 2.33. The van der Waals surface area contributed by atoms with Crippen LogP contribution in [0.25, 0.3) is 0 Å². The molecule has 10 heteroatoms. The summed E-state index contributed by atoms with van der Waals surface area (Å²) in [6, 6.07) is 2.13. The van der Waals surface area contributed by atoms with Crippen molar-refractivity contribution >= 4 is 27.9 Å². The van der Waals surface area contributed by atoms with E-state index in [9.17, 15) is 22.8 Å². The zero-order valence-corrected chi connectivity index (χ0v) is 17.3. The van der Waals surface area contributed by atoms with Crippen LogP contribution in [0.5, 0.6) is 5.75 Å². The number of halogens is 4. The molecule has 0 aliphatic heterocycles. The smallest absolute Gasteiger partial charge is 0.375 e. The van der Waals surface area contributed by atoms with Crippen molar-refractivity contribution in [3.05, 3.63) is 28.2 Å². The van der Waals surface area contributed by atoms with Gasteiger partial charge in [0.25, 0.3) is 0 Å². The number of benzene rings is 1. The van der Waals surface area contributed by atoms with E-state index in [2.05, 4.69) is 26.6 Å². The highest BCUT2D eigenvalue weighted by atomic mass is 79.9. The summed E-state index contributed by atoms with van der Waals surface area (Å²) < 4.78 is 38.9. The maximum absolute atomic E-state index is 12.9. The van der Waals surface area contributed by atoms with Crippen LogP contribution in [0.3, 0.4) is 0 Å². The average Bonchev–Trinajstić information content (AvgIpc) is 2.49. The van der Waals surface area contributed by atoms with Crippen molar-refractivity contribution < 1.29 is 27.6 Å². The molecular weight excluding hydrogens is 431 g/mol. The lowest BCUT2D eigenvalue weighted by molar-refractivity contribution is -0.138. The largest absolute Gasteiger partial charge is 0.416 e. The molecule has 2 N–H and O–H groups in total. The number of nitrogens with one attached hydrogen (secondary N) is 2. The van der Waals surface area contributed by atoms with Gasteiger partial charge in [0.2, 0.25) is 5.91 Å². The Kier molecular flexibility index (Phi) is 7.53. The van der Waals surface area contributed by atoms with Gasteiger partial charge < -0.3 is 15.5 Å². The van der Waals surface area contributed by atoms with Crippen LogP contribution in [0.1, 0.15) is 40.2 Å². The van der Waals surface area contributed by atoms with E-state index in [1.807, 2.05) is 0 Å². The molecule has 1 aromatic rings. The standard InChI is InChI=1S/C17H23BrF3N3O3/c1-6-24(15(26)23-16(4,5)14(25)22-10(2)3)27-13-8-11(17(19,20)21)7-12(18)9-13/h7-10H,6H2,1-5H3,(H,22,25)(H,23,26). The first-order valence-electron chi connectivity index (χ1n) is 8.22. The van der Waals surface area contributed by atoms with Gasteiger partial charge in [0.1, 0.15) is 5.54 Å². The van der Waals surface area contributed by atoms with E-state index in [0.29, 0.717) is 0 Å². The molecule has 0 bridgehead atoms. The Morgan fingerprint density at radius 1 is 1.22 bits per heavy atom. The highest BCUT2D eigenvalue weighted by Crippen LogP contribution is 2.34. The van der Waals surface area contributed by atoms with Gasteiger partial charge in [-0.15, -0.1) is 0 Å². The van der Waals surface area contributed by atoms with Crippen molar-refractivity contribution in [1.82, 2.24) is 15.7 Å². The van der Waals surface area contributed by atoms with Crippen LogP contribution in [0, 0.1) is 0 Å². The predicted octanol–water partition coefficient (Wildman–Crippen LogP) is 4.10. The molecule has 0 saturated heterocycles. The molecule has 0 spiro atoms. The Morgan fingerprint density at radius 3 is 2.30 bits per heavy atom. The van der Waals surface area contributed by atoms with Gasteiger partial charge in [-0.05, 0) is 52.8 Å². The van der Waals surface area contributed by atoms with E-state index in [4.69, 9.17) is 4.84 Å². The van der Waals surface area contributed by atoms with E-state index in [1.165, 1.54) is 19.9 Å². The van der Waals surface area contributed by atoms with E-state index >= 15 is 0 Å². The number of urea groups is 1. The summed E-state index contributed by atoms with van der Waals surface area (Å²) >= 11 is 2.99. The van der Waals surface area contributed by atoms with Gasteiger partial charge in [0.05, 0.1) is 12.1 Å². The number of hydrogen-bond acceptors (Lipinski definition) is 3. The van der Waals surface area contributed by atoms with Crippen LogP contribution < -0.4 is 15.5 Å². The van der Waals surface area contributed by atoms with Crippen LogP contribution in [0.15, 0.2) is 22.7 Å². The van der Waals surface area contributed by atoms with Crippen LogP contribution in [-0.2, 0) is 11.0 Å². The maximum atomic E-state index is 12.9. The molecule has 0 fully saturated rings. The topological polar surface area (TPSA) is 70.7 Å². The second-order valence-corrected chi connectivity index (χ2v) is 7.56. The first kappa shape index (κ1) is 23.1. The van der Waals surface area contributed by atoms with Crippen molar-refractivity contribution in [2.24, 2.45) is 0 Å². The lowest BCUT2D eigenvalue weighted by Crippen LogP contribution is -2.59. The molecule has 0 aliphatic rings. The number of alkyl halides is 3. The van der Waals surface area contributed by atoms with Gasteiger partial charge in [0, 0.05) is 10.5 Å². The van der Waals surface area contributed by atoms with Gasteiger partial charge in [-0.25, -0.2) is 4.79 Å². The number of amides is 3. The summed E-state index contributed by atoms with van der Waals surface area (Å²) in [5, 5.41) is 6.03. The fraction of sp³-hybridized carbons (Fsp3) is 0.529. The minimum atomic E-state index is -4.56. The SMILES string of the molecule is CCN(Oc1cc(Br)cc(C(F)(F)F)c1)C(=O)NC(C)(C)C(=O)NC(C)C. The first-order valence-corrected chi connectivity index (χ1v) is 9.02. The highest BCUT2D eigenvalue weighted by molar-refractivity contribution is 9.10.